The molecule has 10 aromatic rings. The van der Waals surface area contributed by atoms with Crippen molar-refractivity contribution in [2.75, 3.05) is 4.90 Å². The van der Waals surface area contributed by atoms with Crippen molar-refractivity contribution in [3.05, 3.63) is 164 Å². The van der Waals surface area contributed by atoms with Gasteiger partial charge in [0.2, 0.25) is 0 Å². The first-order valence-corrected chi connectivity index (χ1v) is 16.7. The lowest BCUT2D eigenvalue weighted by molar-refractivity contribution is 0.669. The van der Waals surface area contributed by atoms with Crippen molar-refractivity contribution in [3.8, 4) is 11.1 Å². The largest absolute Gasteiger partial charge is 0.456 e. The second kappa shape index (κ2) is 10.3. The van der Waals surface area contributed by atoms with E-state index in [0.717, 1.165) is 39.0 Å². The molecular weight excluding hydrogens is 591 g/mol. The van der Waals surface area contributed by atoms with E-state index in [0.29, 0.717) is 0 Å². The van der Waals surface area contributed by atoms with Crippen molar-refractivity contribution in [2.45, 2.75) is 0 Å². The van der Waals surface area contributed by atoms with Gasteiger partial charge in [0, 0.05) is 59.5 Å². The van der Waals surface area contributed by atoms with Gasteiger partial charge in [-0.15, -0.1) is 11.3 Å². The van der Waals surface area contributed by atoms with Gasteiger partial charge in [0.05, 0.1) is 0 Å². The predicted octanol–water partition coefficient (Wildman–Crippen LogP) is 13.4. The Balaban J connectivity index is 1.17. The molecule has 0 radical (unpaired) electrons. The quantitative estimate of drug-likeness (QED) is 0.195. The summed E-state index contributed by atoms with van der Waals surface area (Å²) >= 11 is 1.87. The first-order valence-electron chi connectivity index (χ1n) is 15.9. The Morgan fingerprint density at radius 1 is 0.404 bits per heavy atom. The molecule has 3 heteroatoms. The molecule has 0 saturated carbocycles. The second-order valence-electron chi connectivity index (χ2n) is 12.1. The summed E-state index contributed by atoms with van der Waals surface area (Å²) in [5, 5.41) is 9.91. The molecule has 0 amide bonds. The van der Waals surface area contributed by atoms with Crippen LogP contribution in [0.5, 0.6) is 0 Å². The SMILES string of the molecule is c1ccc2c(-c3ccc(N(c4ccc5c(c4)oc4ccccc45)c4ccc5ccc6c7ccccc7sc6c5c4)cc3)cccc2c1. The van der Waals surface area contributed by atoms with Crippen LogP contribution in [0.25, 0.3) is 74.8 Å². The fourth-order valence-corrected chi connectivity index (χ4v) is 8.43. The van der Waals surface area contributed by atoms with Crippen molar-refractivity contribution in [3.63, 3.8) is 0 Å². The molecule has 47 heavy (non-hydrogen) atoms. The highest BCUT2D eigenvalue weighted by Gasteiger charge is 2.18. The maximum atomic E-state index is 6.37. The van der Waals surface area contributed by atoms with Crippen LogP contribution in [0.4, 0.5) is 17.1 Å². The highest BCUT2D eigenvalue weighted by atomic mass is 32.1. The third-order valence-corrected chi connectivity index (χ3v) is 10.7. The van der Waals surface area contributed by atoms with Crippen molar-refractivity contribution < 1.29 is 4.42 Å². The molecule has 0 aliphatic heterocycles. The Bertz CT molecular complexity index is 2800. The van der Waals surface area contributed by atoms with Gasteiger partial charge in [-0.3, -0.25) is 0 Å². The molecule has 0 aliphatic rings. The molecule has 0 unspecified atom stereocenters. The number of hydrogen-bond acceptors (Lipinski definition) is 3. The summed E-state index contributed by atoms with van der Waals surface area (Å²) in [7, 11) is 0. The normalized spacial score (nSPS) is 11.8. The predicted molar refractivity (Wildman–Crippen MR) is 202 cm³/mol. The van der Waals surface area contributed by atoms with Gasteiger partial charge in [0.25, 0.3) is 0 Å². The van der Waals surface area contributed by atoms with E-state index in [9.17, 15) is 0 Å². The van der Waals surface area contributed by atoms with Gasteiger partial charge in [-0.2, -0.15) is 0 Å². The first kappa shape index (κ1) is 26.3. The number of para-hydroxylation sites is 1. The maximum Gasteiger partial charge on any atom is 0.137 e. The zero-order valence-electron chi connectivity index (χ0n) is 25.4. The summed E-state index contributed by atoms with van der Waals surface area (Å²) in [6.07, 6.45) is 0. The lowest BCUT2D eigenvalue weighted by atomic mass is 9.98. The number of hydrogen-bond donors (Lipinski definition) is 0. The third kappa shape index (κ3) is 4.17. The van der Waals surface area contributed by atoms with Crippen LogP contribution in [0.3, 0.4) is 0 Å². The molecule has 2 aromatic heterocycles. The maximum absolute atomic E-state index is 6.37. The van der Waals surface area contributed by atoms with Gasteiger partial charge in [-0.1, -0.05) is 109 Å². The molecule has 2 heterocycles. The Hall–Kier alpha value is -5.90. The van der Waals surface area contributed by atoms with Gasteiger partial charge in [-0.05, 0) is 75.8 Å². The number of anilines is 3. The van der Waals surface area contributed by atoms with Crippen LogP contribution in [0.1, 0.15) is 0 Å². The van der Waals surface area contributed by atoms with Crippen LogP contribution in [-0.4, -0.2) is 0 Å². The summed E-state index contributed by atoms with van der Waals surface area (Å²) in [5.41, 5.74) is 7.48. The van der Waals surface area contributed by atoms with Crippen molar-refractivity contribution in [1.29, 1.82) is 0 Å². The molecule has 0 fully saturated rings. The molecule has 8 aromatic carbocycles. The lowest BCUT2D eigenvalue weighted by Crippen LogP contribution is -2.09. The molecule has 10 rings (SSSR count). The number of nitrogens with zero attached hydrogens (tertiary/aromatic N) is 1. The molecule has 220 valence electrons. The van der Waals surface area contributed by atoms with Crippen LogP contribution in [0.2, 0.25) is 0 Å². The van der Waals surface area contributed by atoms with E-state index in [1.54, 1.807) is 0 Å². The topological polar surface area (TPSA) is 16.4 Å². The van der Waals surface area contributed by atoms with Crippen molar-refractivity contribution in [1.82, 2.24) is 0 Å². The Labute approximate surface area is 275 Å². The van der Waals surface area contributed by atoms with Crippen molar-refractivity contribution in [2.24, 2.45) is 0 Å². The minimum Gasteiger partial charge on any atom is -0.456 e. The monoisotopic (exact) mass is 617 g/mol. The van der Waals surface area contributed by atoms with E-state index >= 15 is 0 Å². The fourth-order valence-electron chi connectivity index (χ4n) is 7.20. The first-order chi connectivity index (χ1) is 23.3. The van der Waals surface area contributed by atoms with Crippen molar-refractivity contribution >= 4 is 92.1 Å². The number of furan rings is 1. The molecule has 0 N–H and O–H groups in total. The number of fused-ring (bicyclic) bond motifs is 9. The summed E-state index contributed by atoms with van der Waals surface area (Å²) in [6, 6.07) is 59.0. The third-order valence-electron chi connectivity index (χ3n) is 9.45. The van der Waals surface area contributed by atoms with Crippen LogP contribution >= 0.6 is 11.3 Å². The lowest BCUT2D eigenvalue weighted by Gasteiger charge is -2.26. The minimum absolute atomic E-state index is 0.883. The summed E-state index contributed by atoms with van der Waals surface area (Å²) < 4.78 is 9.01. The van der Waals surface area contributed by atoms with E-state index in [-0.39, 0.29) is 0 Å². The average molecular weight is 618 g/mol. The zero-order chi connectivity index (χ0) is 30.9. The smallest absolute Gasteiger partial charge is 0.137 e. The second-order valence-corrected chi connectivity index (χ2v) is 13.2. The molecule has 0 atom stereocenters. The van der Waals surface area contributed by atoms with Gasteiger partial charge >= 0.3 is 0 Å². The number of benzene rings is 8. The standard InChI is InChI=1S/C44H27NOS/c1-2-10-34-28(8-1)9-7-13-35(34)29-16-20-31(21-17-29)45(33-23-25-37-36-11-3-5-14-41(36)46-42(37)27-33)32-22-18-30-19-24-39-38-12-4-6-15-43(38)47-44(39)40(30)26-32/h1-27H. The molecule has 0 spiro atoms. The fraction of sp³-hybridized carbons (Fsp3) is 0. The molecular formula is C44H27NOS. The highest BCUT2D eigenvalue weighted by molar-refractivity contribution is 7.26. The van der Waals surface area contributed by atoms with Gasteiger partial charge < -0.3 is 9.32 Å². The van der Waals surface area contributed by atoms with Gasteiger partial charge in [-0.25, -0.2) is 0 Å². The van der Waals surface area contributed by atoms with Crippen LogP contribution in [-0.2, 0) is 0 Å². The summed E-state index contributed by atoms with van der Waals surface area (Å²) in [6.45, 7) is 0. The zero-order valence-corrected chi connectivity index (χ0v) is 26.2. The average Bonchev–Trinajstić information content (AvgIpc) is 3.70. The Morgan fingerprint density at radius 3 is 1.96 bits per heavy atom. The van der Waals surface area contributed by atoms with Crippen LogP contribution in [0.15, 0.2) is 168 Å². The van der Waals surface area contributed by atoms with Crippen LogP contribution < -0.4 is 4.90 Å². The molecule has 0 bridgehead atoms. The number of rotatable bonds is 4. The summed E-state index contributed by atoms with van der Waals surface area (Å²) in [5.74, 6) is 0. The highest BCUT2D eigenvalue weighted by Crippen LogP contribution is 2.43. The minimum atomic E-state index is 0.883. The van der Waals surface area contributed by atoms with Gasteiger partial charge in [0.1, 0.15) is 11.2 Å². The molecule has 2 nitrogen and oxygen atoms in total. The molecule has 0 saturated heterocycles. The molecule has 0 aliphatic carbocycles. The van der Waals surface area contributed by atoms with E-state index in [1.165, 1.54) is 52.8 Å². The number of thiophene rings is 1. The van der Waals surface area contributed by atoms with E-state index < -0.39 is 0 Å². The van der Waals surface area contributed by atoms with Crippen LogP contribution in [0, 0.1) is 0 Å². The van der Waals surface area contributed by atoms with Gasteiger partial charge in [0.15, 0.2) is 0 Å². The van der Waals surface area contributed by atoms with E-state index in [4.69, 9.17) is 4.42 Å². The Morgan fingerprint density at radius 2 is 1.04 bits per heavy atom. The summed E-state index contributed by atoms with van der Waals surface area (Å²) in [4.78, 5) is 2.35. The Kier molecular flexibility index (Phi) is 5.78. The van der Waals surface area contributed by atoms with E-state index in [2.05, 4.69) is 157 Å². The van der Waals surface area contributed by atoms with E-state index in [1.807, 2.05) is 23.5 Å².